The van der Waals surface area contributed by atoms with E-state index in [0.717, 1.165) is 0 Å². The van der Waals surface area contributed by atoms with Gasteiger partial charge < -0.3 is 18.9 Å². The van der Waals surface area contributed by atoms with E-state index in [1.54, 1.807) is 0 Å². The van der Waals surface area contributed by atoms with Gasteiger partial charge in [-0.25, -0.2) is 9.59 Å². The van der Waals surface area contributed by atoms with Crippen molar-refractivity contribution < 1.29 is 28.5 Å². The summed E-state index contributed by atoms with van der Waals surface area (Å²) in [6.07, 6.45) is -1.62. The molecule has 0 aromatic heterocycles. The normalized spacial score (nSPS) is 7.38. The highest BCUT2D eigenvalue weighted by molar-refractivity contribution is 5.60. The first kappa shape index (κ1) is 13.7. The van der Waals surface area contributed by atoms with Crippen LogP contribution in [0.15, 0.2) is 0 Å². The first-order valence-electron chi connectivity index (χ1n) is 4.08. The quantitative estimate of drug-likeness (QED) is 0.506. The van der Waals surface area contributed by atoms with Gasteiger partial charge in [-0.1, -0.05) is 0 Å². The maximum atomic E-state index is 10.4. The molecule has 0 spiro atoms. The number of rotatable bonds is 2. The molecule has 0 saturated carbocycles. The van der Waals surface area contributed by atoms with Gasteiger partial charge in [0.2, 0.25) is 0 Å². The van der Waals surface area contributed by atoms with Gasteiger partial charge >= 0.3 is 12.3 Å². The summed E-state index contributed by atoms with van der Waals surface area (Å²) < 4.78 is 17.3. The van der Waals surface area contributed by atoms with Crippen molar-refractivity contribution in [3.05, 3.63) is 0 Å². The summed E-state index contributed by atoms with van der Waals surface area (Å²) in [7, 11) is 2.39. The smallest absolute Gasteiger partial charge is 0.438 e. The zero-order chi connectivity index (χ0) is 12.2. The molecular formula is C10H10O6. The average molecular weight is 226 g/mol. The molecule has 86 valence electrons. The lowest BCUT2D eigenvalue weighted by molar-refractivity contribution is 0.0822. The highest BCUT2D eigenvalue weighted by Gasteiger charge is 1.95. The molecule has 0 aromatic rings. The Balaban J connectivity index is 3.63. The van der Waals surface area contributed by atoms with E-state index in [9.17, 15) is 9.59 Å². The van der Waals surface area contributed by atoms with Crippen molar-refractivity contribution in [2.45, 2.75) is 0 Å². The predicted octanol–water partition coefficient (Wildman–Crippen LogP) is 0.559. The Kier molecular flexibility index (Phi) is 7.88. The zero-order valence-electron chi connectivity index (χ0n) is 8.86. The Hall–Kier alpha value is -2.34. The van der Waals surface area contributed by atoms with Gasteiger partial charge in [0.05, 0.1) is 14.2 Å². The van der Waals surface area contributed by atoms with E-state index in [1.807, 2.05) is 0 Å². The van der Waals surface area contributed by atoms with Crippen molar-refractivity contribution in [1.29, 1.82) is 0 Å². The third kappa shape index (κ3) is 8.27. The van der Waals surface area contributed by atoms with Gasteiger partial charge in [0.15, 0.2) is 13.2 Å². The second kappa shape index (κ2) is 9.22. The van der Waals surface area contributed by atoms with Crippen molar-refractivity contribution in [2.75, 3.05) is 27.4 Å². The monoisotopic (exact) mass is 226 g/mol. The standard InChI is InChI=1S/C10H10O6/c1-13-9(11)15-7-5-3-4-6-8-16-10(12)14-2/h7-8H2,1-2H3. The lowest BCUT2D eigenvalue weighted by Gasteiger charge is -1.95. The molecule has 0 saturated heterocycles. The number of hydrogen-bond acceptors (Lipinski definition) is 6. The Bertz CT molecular complexity index is 315. The molecule has 6 nitrogen and oxygen atoms in total. The molecule has 0 aliphatic rings. The Morgan fingerprint density at radius 2 is 1.25 bits per heavy atom. The van der Waals surface area contributed by atoms with E-state index in [-0.39, 0.29) is 13.2 Å². The van der Waals surface area contributed by atoms with E-state index < -0.39 is 12.3 Å². The molecule has 0 N–H and O–H groups in total. The van der Waals surface area contributed by atoms with E-state index in [4.69, 9.17) is 0 Å². The molecule has 0 aromatic carbocycles. The van der Waals surface area contributed by atoms with Crippen LogP contribution in [-0.2, 0) is 18.9 Å². The number of carbonyl (C=O) groups excluding carboxylic acids is 2. The molecule has 0 radical (unpaired) electrons. The zero-order valence-corrected chi connectivity index (χ0v) is 8.86. The number of hydrogen-bond donors (Lipinski definition) is 0. The fraction of sp³-hybridized carbons (Fsp3) is 0.400. The summed E-state index contributed by atoms with van der Waals surface area (Å²) in [5, 5.41) is 0. The molecule has 0 atom stereocenters. The van der Waals surface area contributed by atoms with Crippen LogP contribution in [0.25, 0.3) is 0 Å². The Morgan fingerprint density at radius 3 is 1.56 bits per heavy atom. The molecule has 0 aliphatic heterocycles. The second-order valence-corrected chi connectivity index (χ2v) is 2.09. The third-order valence-electron chi connectivity index (χ3n) is 1.10. The molecule has 0 amide bonds. The lowest BCUT2D eigenvalue weighted by Crippen LogP contribution is -2.04. The Morgan fingerprint density at radius 1 is 0.875 bits per heavy atom. The van der Waals surface area contributed by atoms with E-state index in [2.05, 4.69) is 42.6 Å². The van der Waals surface area contributed by atoms with E-state index >= 15 is 0 Å². The van der Waals surface area contributed by atoms with Gasteiger partial charge in [0.25, 0.3) is 0 Å². The lowest BCUT2D eigenvalue weighted by atomic mass is 10.5. The van der Waals surface area contributed by atoms with Crippen LogP contribution in [-0.4, -0.2) is 39.7 Å². The Labute approximate surface area is 92.8 Å². The molecule has 0 heterocycles. The van der Waals surface area contributed by atoms with E-state index in [0.29, 0.717) is 0 Å². The summed E-state index contributed by atoms with van der Waals surface area (Å²) in [4.78, 5) is 20.9. The summed E-state index contributed by atoms with van der Waals surface area (Å²) in [5.41, 5.74) is 0. The van der Waals surface area contributed by atoms with Crippen LogP contribution in [0.4, 0.5) is 9.59 Å². The predicted molar refractivity (Wildman–Crippen MR) is 52.3 cm³/mol. The molecule has 0 bridgehead atoms. The van der Waals surface area contributed by atoms with Gasteiger partial charge in [0, 0.05) is 0 Å². The van der Waals surface area contributed by atoms with E-state index in [1.165, 1.54) is 14.2 Å². The van der Waals surface area contributed by atoms with Gasteiger partial charge in [-0.05, 0) is 23.7 Å². The topological polar surface area (TPSA) is 71.1 Å². The molecule has 16 heavy (non-hydrogen) atoms. The molecule has 0 rings (SSSR count). The van der Waals surface area contributed by atoms with Gasteiger partial charge in [0.1, 0.15) is 0 Å². The first-order valence-corrected chi connectivity index (χ1v) is 4.08. The fourth-order valence-corrected chi connectivity index (χ4v) is 0.468. The van der Waals surface area contributed by atoms with Crippen LogP contribution in [0.2, 0.25) is 0 Å². The number of carbonyl (C=O) groups is 2. The number of methoxy groups -OCH3 is 2. The van der Waals surface area contributed by atoms with Crippen LogP contribution in [0.3, 0.4) is 0 Å². The second-order valence-electron chi connectivity index (χ2n) is 2.09. The number of ether oxygens (including phenoxy) is 4. The molecule has 6 heteroatoms. The summed E-state index contributed by atoms with van der Waals surface area (Å²) >= 11 is 0. The van der Waals surface area contributed by atoms with Crippen LogP contribution < -0.4 is 0 Å². The SMILES string of the molecule is COC(=O)OCC#CC#CCOC(=O)OC. The van der Waals surface area contributed by atoms with Crippen molar-refractivity contribution >= 4 is 12.3 Å². The highest BCUT2D eigenvalue weighted by Crippen LogP contribution is 1.80. The van der Waals surface area contributed by atoms with Gasteiger partial charge in [-0.15, -0.1) is 0 Å². The van der Waals surface area contributed by atoms with Crippen LogP contribution in [0, 0.1) is 23.7 Å². The third-order valence-corrected chi connectivity index (χ3v) is 1.10. The summed E-state index contributed by atoms with van der Waals surface area (Å²) in [6, 6.07) is 0. The minimum absolute atomic E-state index is 0.112. The van der Waals surface area contributed by atoms with Crippen molar-refractivity contribution in [1.82, 2.24) is 0 Å². The van der Waals surface area contributed by atoms with Crippen molar-refractivity contribution in [2.24, 2.45) is 0 Å². The molecular weight excluding hydrogens is 216 g/mol. The molecule has 0 fully saturated rings. The van der Waals surface area contributed by atoms with Crippen molar-refractivity contribution in [3.63, 3.8) is 0 Å². The van der Waals surface area contributed by atoms with Gasteiger partial charge in [-0.2, -0.15) is 0 Å². The maximum Gasteiger partial charge on any atom is 0.508 e. The molecule has 0 unspecified atom stereocenters. The van der Waals surface area contributed by atoms with Crippen molar-refractivity contribution in [3.8, 4) is 23.7 Å². The van der Waals surface area contributed by atoms with Gasteiger partial charge in [-0.3, -0.25) is 0 Å². The maximum absolute atomic E-state index is 10.4. The van der Waals surface area contributed by atoms with Crippen LogP contribution >= 0.6 is 0 Å². The van der Waals surface area contributed by atoms with Crippen LogP contribution in [0.5, 0.6) is 0 Å². The summed E-state index contributed by atoms with van der Waals surface area (Å²) in [6.45, 7) is -0.224. The largest absolute Gasteiger partial charge is 0.508 e. The summed E-state index contributed by atoms with van der Waals surface area (Å²) in [5.74, 6) is 9.63. The fourth-order valence-electron chi connectivity index (χ4n) is 0.468. The minimum atomic E-state index is -0.809. The average Bonchev–Trinajstić information content (AvgIpc) is 2.31. The first-order chi connectivity index (χ1) is 7.70. The minimum Gasteiger partial charge on any atom is -0.438 e. The van der Waals surface area contributed by atoms with Crippen LogP contribution in [0.1, 0.15) is 0 Å². The molecule has 0 aliphatic carbocycles. The highest BCUT2D eigenvalue weighted by atomic mass is 16.7.